The van der Waals surface area contributed by atoms with E-state index in [-0.39, 0.29) is 5.41 Å². The van der Waals surface area contributed by atoms with Crippen molar-refractivity contribution in [1.82, 2.24) is 0 Å². The molecule has 0 saturated carbocycles. The fourth-order valence-corrected chi connectivity index (χ4v) is 2.54. The summed E-state index contributed by atoms with van der Waals surface area (Å²) >= 11 is 3.80. The van der Waals surface area contributed by atoms with Crippen LogP contribution in [0.15, 0.2) is 24.3 Å². The summed E-state index contributed by atoms with van der Waals surface area (Å²) in [5.41, 5.74) is 3.12. The summed E-state index contributed by atoms with van der Waals surface area (Å²) in [5.74, 6) is 0.681. The summed E-state index contributed by atoms with van der Waals surface area (Å²) in [5, 5.41) is 0. The summed E-state index contributed by atoms with van der Waals surface area (Å²) in [4.78, 5) is 0.478. The maximum absolute atomic E-state index is 3.80. The van der Waals surface area contributed by atoms with Crippen LogP contribution >= 0.6 is 15.9 Å². The number of hydrogen-bond acceptors (Lipinski definition) is 0. The van der Waals surface area contributed by atoms with Crippen molar-refractivity contribution < 1.29 is 0 Å². The molecule has 1 heteroatoms. The summed E-state index contributed by atoms with van der Waals surface area (Å²) in [6.45, 7) is 11.4. The Hall–Kier alpha value is -0.300. The Labute approximate surface area is 115 Å². The average Bonchev–Trinajstić information content (AvgIpc) is 2.37. The minimum atomic E-state index is 0.288. The summed E-state index contributed by atoms with van der Waals surface area (Å²) in [6.07, 6.45) is 2.38. The highest BCUT2D eigenvalue weighted by atomic mass is 79.9. The molecule has 1 aromatic carbocycles. The first-order valence-corrected chi connectivity index (χ1v) is 7.58. The zero-order chi connectivity index (χ0) is 13.1. The first-order chi connectivity index (χ1) is 7.92. The first kappa shape index (κ1) is 14.8. The van der Waals surface area contributed by atoms with Crippen LogP contribution < -0.4 is 0 Å². The van der Waals surface area contributed by atoms with E-state index in [1.54, 1.807) is 0 Å². The van der Waals surface area contributed by atoms with Crippen LogP contribution in [0, 0.1) is 5.92 Å². The van der Waals surface area contributed by atoms with Crippen LogP contribution in [0.2, 0.25) is 0 Å². The lowest BCUT2D eigenvalue weighted by atomic mass is 9.81. The van der Waals surface area contributed by atoms with Gasteiger partial charge < -0.3 is 0 Å². The fourth-order valence-electron chi connectivity index (χ4n) is 1.86. The fraction of sp³-hybridized carbons (Fsp3) is 0.625. The van der Waals surface area contributed by atoms with Crippen molar-refractivity contribution in [3.8, 4) is 0 Å². The zero-order valence-electron chi connectivity index (χ0n) is 11.8. The van der Waals surface area contributed by atoms with E-state index >= 15 is 0 Å². The van der Waals surface area contributed by atoms with E-state index in [1.807, 2.05) is 0 Å². The topological polar surface area (TPSA) is 0 Å². The molecular formula is C16H25Br. The van der Waals surface area contributed by atoms with Crippen LogP contribution in [0.3, 0.4) is 0 Å². The molecule has 0 amide bonds. The third-order valence-corrected chi connectivity index (χ3v) is 5.47. The molecule has 0 aliphatic heterocycles. The third kappa shape index (κ3) is 3.58. The van der Waals surface area contributed by atoms with Gasteiger partial charge in [0.15, 0.2) is 0 Å². The molecule has 0 heterocycles. The number of hydrogen-bond donors (Lipinski definition) is 0. The molecular weight excluding hydrogens is 272 g/mol. The summed E-state index contributed by atoms with van der Waals surface area (Å²) in [6, 6.07) is 9.13. The second kappa shape index (κ2) is 6.04. The van der Waals surface area contributed by atoms with Gasteiger partial charge in [-0.15, -0.1) is 0 Å². The van der Waals surface area contributed by atoms with Gasteiger partial charge in [0.05, 0.1) is 0 Å². The largest absolute Gasteiger partial charge is 0.0836 e. The number of rotatable bonds is 5. The SMILES string of the molecule is CCC(C)C(Br)c1ccc(C(C)(C)CC)cc1. The van der Waals surface area contributed by atoms with Crippen LogP contribution in [0.4, 0.5) is 0 Å². The molecule has 2 atom stereocenters. The van der Waals surface area contributed by atoms with Gasteiger partial charge in [-0.1, -0.05) is 81.2 Å². The smallest absolute Gasteiger partial charge is 0.0420 e. The van der Waals surface area contributed by atoms with Crippen molar-refractivity contribution in [3.63, 3.8) is 0 Å². The zero-order valence-corrected chi connectivity index (χ0v) is 13.3. The minimum absolute atomic E-state index is 0.288. The molecule has 1 aromatic rings. The molecule has 0 bridgehead atoms. The molecule has 96 valence electrons. The molecule has 1 rings (SSSR count). The lowest BCUT2D eigenvalue weighted by molar-refractivity contribution is 0.505. The standard InChI is InChI=1S/C16H25Br/c1-6-12(3)15(17)13-8-10-14(11-9-13)16(4,5)7-2/h8-12,15H,6-7H2,1-5H3. The van der Waals surface area contributed by atoms with Crippen molar-refractivity contribution >= 4 is 15.9 Å². The van der Waals surface area contributed by atoms with Crippen LogP contribution in [0.5, 0.6) is 0 Å². The van der Waals surface area contributed by atoms with Gasteiger partial charge in [-0.05, 0) is 28.9 Å². The van der Waals surface area contributed by atoms with Crippen molar-refractivity contribution in [2.45, 2.75) is 57.7 Å². The van der Waals surface area contributed by atoms with Crippen LogP contribution in [0.25, 0.3) is 0 Å². The van der Waals surface area contributed by atoms with Crippen molar-refractivity contribution in [2.75, 3.05) is 0 Å². The second-order valence-corrected chi connectivity index (χ2v) is 6.63. The highest BCUT2D eigenvalue weighted by molar-refractivity contribution is 9.09. The van der Waals surface area contributed by atoms with Crippen molar-refractivity contribution in [2.24, 2.45) is 5.92 Å². The number of alkyl halides is 1. The predicted molar refractivity (Wildman–Crippen MR) is 80.9 cm³/mol. The Balaban J connectivity index is 2.88. The number of benzene rings is 1. The maximum atomic E-state index is 3.80. The van der Waals surface area contributed by atoms with E-state index in [4.69, 9.17) is 0 Å². The predicted octanol–water partition coefficient (Wildman–Crippen LogP) is 5.86. The van der Waals surface area contributed by atoms with Gasteiger partial charge in [-0.25, -0.2) is 0 Å². The molecule has 0 radical (unpaired) electrons. The van der Waals surface area contributed by atoms with E-state index < -0.39 is 0 Å². The van der Waals surface area contributed by atoms with Crippen LogP contribution in [-0.2, 0) is 5.41 Å². The molecule has 0 fully saturated rings. The van der Waals surface area contributed by atoms with E-state index in [1.165, 1.54) is 24.0 Å². The van der Waals surface area contributed by atoms with Gasteiger partial charge in [-0.3, -0.25) is 0 Å². The van der Waals surface area contributed by atoms with Crippen molar-refractivity contribution in [1.29, 1.82) is 0 Å². The van der Waals surface area contributed by atoms with Gasteiger partial charge in [-0.2, -0.15) is 0 Å². The third-order valence-electron chi connectivity index (χ3n) is 4.04. The normalized spacial score (nSPS) is 15.6. The average molecular weight is 297 g/mol. The van der Waals surface area contributed by atoms with Gasteiger partial charge >= 0.3 is 0 Å². The van der Waals surface area contributed by atoms with E-state index in [0.29, 0.717) is 10.7 Å². The minimum Gasteiger partial charge on any atom is -0.0836 e. The van der Waals surface area contributed by atoms with Gasteiger partial charge in [0.25, 0.3) is 0 Å². The highest BCUT2D eigenvalue weighted by Crippen LogP contribution is 2.34. The maximum Gasteiger partial charge on any atom is 0.0420 e. The van der Waals surface area contributed by atoms with Gasteiger partial charge in [0.1, 0.15) is 0 Å². The van der Waals surface area contributed by atoms with E-state index in [0.717, 1.165) is 0 Å². The molecule has 0 spiro atoms. The number of halogens is 1. The Bertz CT molecular complexity index is 337. The Morgan fingerprint density at radius 2 is 1.65 bits per heavy atom. The molecule has 2 unspecified atom stereocenters. The van der Waals surface area contributed by atoms with Gasteiger partial charge in [0.2, 0.25) is 0 Å². The van der Waals surface area contributed by atoms with Crippen LogP contribution in [0.1, 0.15) is 63.4 Å². The summed E-state index contributed by atoms with van der Waals surface area (Å²) in [7, 11) is 0. The quantitative estimate of drug-likeness (QED) is 0.597. The monoisotopic (exact) mass is 296 g/mol. The van der Waals surface area contributed by atoms with Crippen LogP contribution in [-0.4, -0.2) is 0 Å². The molecule has 0 aliphatic rings. The molecule has 0 nitrogen and oxygen atoms in total. The first-order valence-electron chi connectivity index (χ1n) is 6.66. The molecule has 0 saturated heterocycles. The molecule has 17 heavy (non-hydrogen) atoms. The van der Waals surface area contributed by atoms with Crippen molar-refractivity contribution in [3.05, 3.63) is 35.4 Å². The van der Waals surface area contributed by atoms with E-state index in [9.17, 15) is 0 Å². The summed E-state index contributed by atoms with van der Waals surface area (Å²) < 4.78 is 0. The second-order valence-electron chi connectivity index (χ2n) is 5.65. The lowest BCUT2D eigenvalue weighted by Crippen LogP contribution is -2.15. The lowest BCUT2D eigenvalue weighted by Gasteiger charge is -2.24. The highest BCUT2D eigenvalue weighted by Gasteiger charge is 2.19. The van der Waals surface area contributed by atoms with Gasteiger partial charge in [0, 0.05) is 4.83 Å². The molecule has 0 N–H and O–H groups in total. The Morgan fingerprint density at radius 3 is 2.06 bits per heavy atom. The molecule has 0 aliphatic carbocycles. The molecule has 0 aromatic heterocycles. The Morgan fingerprint density at radius 1 is 1.12 bits per heavy atom. The van der Waals surface area contributed by atoms with E-state index in [2.05, 4.69) is 74.8 Å². The Kier molecular flexibility index (Phi) is 5.24.